The van der Waals surface area contributed by atoms with Gasteiger partial charge in [-0.1, -0.05) is 29.4 Å². The summed E-state index contributed by atoms with van der Waals surface area (Å²) in [5.41, 5.74) is 0.650. The van der Waals surface area contributed by atoms with Crippen LogP contribution in [0.15, 0.2) is 53.1 Å². The third-order valence-corrected chi connectivity index (χ3v) is 3.35. The van der Waals surface area contributed by atoms with Crippen molar-refractivity contribution < 1.29 is 26.9 Å². The molecular formula is C17H11F4N3O2. The van der Waals surface area contributed by atoms with Gasteiger partial charge in [0, 0.05) is 11.1 Å². The molecule has 0 bridgehead atoms. The number of amides is 1. The van der Waals surface area contributed by atoms with Gasteiger partial charge in [0.1, 0.15) is 12.2 Å². The maximum absolute atomic E-state index is 13.5. The Balaban J connectivity index is 1.72. The summed E-state index contributed by atoms with van der Waals surface area (Å²) >= 11 is 0. The van der Waals surface area contributed by atoms with Gasteiger partial charge in [-0.05, 0) is 24.3 Å². The van der Waals surface area contributed by atoms with Crippen LogP contribution < -0.4 is 5.32 Å². The van der Waals surface area contributed by atoms with E-state index in [4.69, 9.17) is 0 Å². The highest BCUT2D eigenvalue weighted by Gasteiger charge is 2.31. The number of rotatable bonds is 4. The summed E-state index contributed by atoms with van der Waals surface area (Å²) < 4.78 is 55.0. The van der Waals surface area contributed by atoms with E-state index in [9.17, 15) is 22.4 Å². The highest BCUT2D eigenvalue weighted by Crippen LogP contribution is 2.23. The number of hydrogen-bond donors (Lipinski definition) is 1. The summed E-state index contributed by atoms with van der Waals surface area (Å²) in [4.78, 5) is 15.8. The third kappa shape index (κ3) is 4.24. The molecule has 134 valence electrons. The van der Waals surface area contributed by atoms with Crippen molar-refractivity contribution in [3.8, 4) is 11.4 Å². The second-order valence-corrected chi connectivity index (χ2v) is 5.31. The first-order valence-corrected chi connectivity index (χ1v) is 7.37. The Labute approximate surface area is 144 Å². The van der Waals surface area contributed by atoms with Crippen LogP contribution in [0, 0.1) is 5.82 Å². The van der Waals surface area contributed by atoms with Gasteiger partial charge in [0.05, 0.1) is 5.69 Å². The Kier molecular flexibility index (Phi) is 4.70. The lowest BCUT2D eigenvalue weighted by Crippen LogP contribution is -2.12. The molecular weight excluding hydrogens is 354 g/mol. The first-order valence-electron chi connectivity index (χ1n) is 7.37. The fraction of sp³-hybridized carbons (Fsp3) is 0.118. The SMILES string of the molecule is O=C(Nc1ccccc1F)c1ccc(-c2noc(CC(F)(F)F)n2)cc1. The second-order valence-electron chi connectivity index (χ2n) is 5.31. The van der Waals surface area contributed by atoms with E-state index in [2.05, 4.69) is 20.0 Å². The molecule has 0 spiro atoms. The van der Waals surface area contributed by atoms with Crippen molar-refractivity contribution in [2.45, 2.75) is 12.6 Å². The second kappa shape index (κ2) is 6.95. The number of carbonyl (C=O) groups excluding carboxylic acids is 1. The molecule has 1 heterocycles. The zero-order chi connectivity index (χ0) is 18.7. The fourth-order valence-corrected chi connectivity index (χ4v) is 2.14. The van der Waals surface area contributed by atoms with E-state index in [0.717, 1.165) is 0 Å². The first-order chi connectivity index (χ1) is 12.3. The molecule has 0 aliphatic carbocycles. The molecule has 9 heteroatoms. The van der Waals surface area contributed by atoms with Gasteiger partial charge >= 0.3 is 6.18 Å². The Morgan fingerprint density at radius 1 is 1.08 bits per heavy atom. The van der Waals surface area contributed by atoms with Crippen molar-refractivity contribution in [3.05, 3.63) is 65.8 Å². The number of alkyl halides is 3. The third-order valence-electron chi connectivity index (χ3n) is 3.35. The number of halogens is 4. The van der Waals surface area contributed by atoms with Gasteiger partial charge in [-0.3, -0.25) is 4.79 Å². The van der Waals surface area contributed by atoms with Crippen LogP contribution >= 0.6 is 0 Å². The number of carbonyl (C=O) groups is 1. The van der Waals surface area contributed by atoms with Gasteiger partial charge < -0.3 is 9.84 Å². The number of anilines is 1. The fourth-order valence-electron chi connectivity index (χ4n) is 2.14. The van der Waals surface area contributed by atoms with Crippen molar-refractivity contribution in [1.82, 2.24) is 10.1 Å². The Morgan fingerprint density at radius 3 is 2.42 bits per heavy atom. The minimum atomic E-state index is -4.45. The predicted molar refractivity (Wildman–Crippen MR) is 83.8 cm³/mol. The molecule has 1 aromatic heterocycles. The van der Waals surface area contributed by atoms with Gasteiger partial charge in [0.2, 0.25) is 11.7 Å². The van der Waals surface area contributed by atoms with E-state index in [1.807, 2.05) is 0 Å². The van der Waals surface area contributed by atoms with Gasteiger partial charge in [-0.25, -0.2) is 4.39 Å². The molecule has 0 aliphatic rings. The topological polar surface area (TPSA) is 68.0 Å². The maximum atomic E-state index is 13.5. The van der Waals surface area contributed by atoms with Crippen LogP contribution in [0.25, 0.3) is 11.4 Å². The number of nitrogens with one attached hydrogen (secondary N) is 1. The lowest BCUT2D eigenvalue weighted by atomic mass is 10.1. The molecule has 3 aromatic rings. The van der Waals surface area contributed by atoms with Gasteiger partial charge in [0.15, 0.2) is 0 Å². The van der Waals surface area contributed by atoms with Crippen molar-refractivity contribution in [2.75, 3.05) is 5.32 Å². The van der Waals surface area contributed by atoms with Crippen LogP contribution in [0.5, 0.6) is 0 Å². The standard InChI is InChI=1S/C17H11F4N3O2/c18-12-3-1-2-4-13(12)22-16(25)11-7-5-10(6-8-11)15-23-14(26-24-15)9-17(19,20)21/h1-8H,9H2,(H,22,25). The molecule has 0 aliphatic heterocycles. The van der Waals surface area contributed by atoms with Crippen molar-refractivity contribution in [1.29, 1.82) is 0 Å². The van der Waals surface area contributed by atoms with Crippen molar-refractivity contribution >= 4 is 11.6 Å². The van der Waals surface area contributed by atoms with E-state index in [1.165, 1.54) is 42.5 Å². The molecule has 0 unspecified atom stereocenters. The summed E-state index contributed by atoms with van der Waals surface area (Å²) in [6.45, 7) is 0. The number of hydrogen-bond acceptors (Lipinski definition) is 4. The van der Waals surface area contributed by atoms with Crippen LogP contribution in [-0.4, -0.2) is 22.2 Å². The zero-order valence-electron chi connectivity index (χ0n) is 13.0. The largest absolute Gasteiger partial charge is 0.397 e. The molecule has 5 nitrogen and oxygen atoms in total. The van der Waals surface area contributed by atoms with E-state index < -0.39 is 30.2 Å². The maximum Gasteiger partial charge on any atom is 0.397 e. The molecule has 0 fully saturated rings. The van der Waals surface area contributed by atoms with Gasteiger partial charge in [0.25, 0.3) is 5.91 Å². The Bertz CT molecular complexity index is 920. The zero-order valence-corrected chi connectivity index (χ0v) is 13.0. The van der Waals surface area contributed by atoms with Crippen molar-refractivity contribution in [2.24, 2.45) is 0 Å². The minimum absolute atomic E-state index is 0.0229. The van der Waals surface area contributed by atoms with E-state index >= 15 is 0 Å². The van der Waals surface area contributed by atoms with Crippen LogP contribution in [0.4, 0.5) is 23.2 Å². The molecule has 1 amide bonds. The molecule has 0 atom stereocenters. The van der Waals surface area contributed by atoms with Crippen LogP contribution in [0.2, 0.25) is 0 Å². The molecule has 0 radical (unpaired) electrons. The summed E-state index contributed by atoms with van der Waals surface area (Å²) in [6, 6.07) is 11.5. The van der Waals surface area contributed by atoms with E-state index in [-0.39, 0.29) is 17.1 Å². The smallest absolute Gasteiger partial charge is 0.339 e. The van der Waals surface area contributed by atoms with Crippen LogP contribution in [-0.2, 0) is 6.42 Å². The molecule has 0 saturated carbocycles. The predicted octanol–water partition coefficient (Wildman–Crippen LogP) is 4.23. The van der Waals surface area contributed by atoms with Crippen molar-refractivity contribution in [3.63, 3.8) is 0 Å². The van der Waals surface area contributed by atoms with Crippen LogP contribution in [0.1, 0.15) is 16.2 Å². The normalized spacial score (nSPS) is 11.4. The Hall–Kier alpha value is -3.23. The average molecular weight is 365 g/mol. The minimum Gasteiger partial charge on any atom is -0.339 e. The number of aromatic nitrogens is 2. The Morgan fingerprint density at radius 2 is 1.77 bits per heavy atom. The molecule has 26 heavy (non-hydrogen) atoms. The first kappa shape index (κ1) is 17.6. The monoisotopic (exact) mass is 365 g/mol. The molecule has 3 rings (SSSR count). The van der Waals surface area contributed by atoms with Crippen LogP contribution in [0.3, 0.4) is 0 Å². The summed E-state index contributed by atoms with van der Waals surface area (Å²) in [5, 5.41) is 5.92. The number of nitrogens with zero attached hydrogens (tertiary/aromatic N) is 2. The number of benzene rings is 2. The van der Waals surface area contributed by atoms with E-state index in [0.29, 0.717) is 5.56 Å². The molecule has 1 N–H and O–H groups in total. The summed E-state index contributed by atoms with van der Waals surface area (Å²) in [5.74, 6) is -1.67. The quantitative estimate of drug-likeness (QED) is 0.703. The lowest BCUT2D eigenvalue weighted by molar-refractivity contribution is -0.131. The molecule has 0 saturated heterocycles. The van der Waals surface area contributed by atoms with E-state index in [1.54, 1.807) is 6.07 Å². The average Bonchev–Trinajstić information content (AvgIpc) is 3.03. The highest BCUT2D eigenvalue weighted by molar-refractivity contribution is 6.04. The summed E-state index contributed by atoms with van der Waals surface area (Å²) in [7, 11) is 0. The van der Waals surface area contributed by atoms with Gasteiger partial charge in [-0.15, -0.1) is 0 Å². The van der Waals surface area contributed by atoms with Gasteiger partial charge in [-0.2, -0.15) is 18.2 Å². The molecule has 2 aromatic carbocycles. The number of para-hydroxylation sites is 1. The summed E-state index contributed by atoms with van der Waals surface area (Å²) in [6.07, 6.45) is -5.76. The lowest BCUT2D eigenvalue weighted by Gasteiger charge is -2.06. The highest BCUT2D eigenvalue weighted by atomic mass is 19.4.